The molecule has 3 nitrogen and oxygen atoms in total. The second kappa shape index (κ2) is 10.9. The van der Waals surface area contributed by atoms with Crippen molar-refractivity contribution in [3.8, 4) is 0 Å². The highest BCUT2D eigenvalue weighted by molar-refractivity contribution is 7.86. The van der Waals surface area contributed by atoms with Crippen molar-refractivity contribution in [1.29, 1.82) is 0 Å². The molecule has 0 aliphatic heterocycles. The molecule has 7 rings (SSSR count). The zero-order valence-corrected chi connectivity index (χ0v) is 22.4. The largest absolute Gasteiger partial charge is 0.370 e. The molecule has 7 heteroatoms. The molecule has 37 heavy (non-hydrogen) atoms. The quantitative estimate of drug-likeness (QED) is 0.291. The average molecular weight is 543 g/mol. The molecule has 0 atom stereocenters. The SMILES string of the molecule is O=S(=O)(O)C(F)(F)CC1C2CC3CC(C2)CC1C3.c1ccc(P(c2ccccc2)c2ccccc2)cc1. The van der Waals surface area contributed by atoms with E-state index in [9.17, 15) is 17.2 Å². The maximum Gasteiger partial charge on any atom is 0.370 e. The summed E-state index contributed by atoms with van der Waals surface area (Å²) in [5, 5.41) is 0.215. The van der Waals surface area contributed by atoms with Crippen molar-refractivity contribution in [1.82, 2.24) is 0 Å². The Balaban J connectivity index is 0.000000152. The lowest BCUT2D eigenvalue weighted by atomic mass is 9.51. The molecule has 4 fully saturated rings. The standard InChI is InChI=1S/C18H15P.C12H18F2O3S/c1-4-10-16(11-5-1)19(17-12-6-2-7-13-17)18-14-8-3-9-15-18;13-12(14,18(15,16)17)6-11-9-2-7-1-8(4-9)5-10(11)3-7/h1-15H;7-11H,1-6H2,(H,15,16,17). The van der Waals surface area contributed by atoms with Crippen molar-refractivity contribution in [2.75, 3.05) is 0 Å². The Morgan fingerprint density at radius 2 is 1.03 bits per heavy atom. The number of benzene rings is 3. The molecule has 0 heterocycles. The van der Waals surface area contributed by atoms with E-state index < -0.39 is 29.7 Å². The molecule has 0 aromatic heterocycles. The van der Waals surface area contributed by atoms with Crippen LogP contribution in [0, 0.1) is 29.6 Å². The molecular formula is C30H33F2O3PS. The summed E-state index contributed by atoms with van der Waals surface area (Å²) >= 11 is 0. The monoisotopic (exact) mass is 542 g/mol. The van der Waals surface area contributed by atoms with Crippen LogP contribution in [0.2, 0.25) is 0 Å². The van der Waals surface area contributed by atoms with Crippen LogP contribution >= 0.6 is 7.92 Å². The van der Waals surface area contributed by atoms with Gasteiger partial charge in [0.05, 0.1) is 0 Å². The van der Waals surface area contributed by atoms with Crippen LogP contribution in [0.25, 0.3) is 0 Å². The maximum atomic E-state index is 13.5. The Kier molecular flexibility index (Phi) is 7.81. The summed E-state index contributed by atoms with van der Waals surface area (Å²) in [6, 6.07) is 32.3. The van der Waals surface area contributed by atoms with E-state index in [1.807, 2.05) is 0 Å². The van der Waals surface area contributed by atoms with E-state index in [0.29, 0.717) is 11.8 Å². The van der Waals surface area contributed by atoms with Gasteiger partial charge in [-0.3, -0.25) is 4.55 Å². The van der Waals surface area contributed by atoms with Crippen LogP contribution in [-0.2, 0) is 10.1 Å². The van der Waals surface area contributed by atoms with Gasteiger partial charge in [0.25, 0.3) is 0 Å². The molecule has 0 spiro atoms. The minimum Gasteiger partial charge on any atom is -0.281 e. The molecule has 196 valence electrons. The van der Waals surface area contributed by atoms with Crippen LogP contribution in [0.15, 0.2) is 91.0 Å². The van der Waals surface area contributed by atoms with E-state index in [4.69, 9.17) is 4.55 Å². The van der Waals surface area contributed by atoms with Gasteiger partial charge in [0.15, 0.2) is 0 Å². The van der Waals surface area contributed by atoms with Crippen molar-refractivity contribution in [3.05, 3.63) is 91.0 Å². The lowest BCUT2D eigenvalue weighted by Crippen LogP contribution is -2.47. The molecule has 4 aliphatic carbocycles. The fraction of sp³-hybridized carbons (Fsp3) is 0.400. The van der Waals surface area contributed by atoms with Gasteiger partial charge in [-0.1, -0.05) is 91.0 Å². The van der Waals surface area contributed by atoms with Crippen LogP contribution in [0.4, 0.5) is 8.78 Å². The Hall–Kier alpha value is -2.14. The van der Waals surface area contributed by atoms with Gasteiger partial charge in [0.1, 0.15) is 0 Å². The van der Waals surface area contributed by atoms with E-state index in [2.05, 4.69) is 91.0 Å². The topological polar surface area (TPSA) is 54.4 Å². The van der Waals surface area contributed by atoms with Gasteiger partial charge in [0, 0.05) is 6.42 Å². The van der Waals surface area contributed by atoms with Gasteiger partial charge < -0.3 is 0 Å². The van der Waals surface area contributed by atoms with E-state index in [1.54, 1.807) is 0 Å². The van der Waals surface area contributed by atoms with Gasteiger partial charge in [0.2, 0.25) is 0 Å². The van der Waals surface area contributed by atoms with Gasteiger partial charge in [-0.05, 0) is 85.5 Å². The number of alkyl halides is 2. The lowest BCUT2D eigenvalue weighted by Gasteiger charge is -2.54. The van der Waals surface area contributed by atoms with Crippen LogP contribution in [0.5, 0.6) is 0 Å². The van der Waals surface area contributed by atoms with Gasteiger partial charge in [-0.15, -0.1) is 0 Å². The number of rotatable bonds is 6. The molecule has 3 aromatic rings. The van der Waals surface area contributed by atoms with Crippen LogP contribution < -0.4 is 15.9 Å². The minimum atomic E-state index is -5.27. The van der Waals surface area contributed by atoms with Crippen molar-refractivity contribution >= 4 is 34.0 Å². The smallest absolute Gasteiger partial charge is 0.281 e. The van der Waals surface area contributed by atoms with Crippen molar-refractivity contribution < 1.29 is 21.8 Å². The van der Waals surface area contributed by atoms with Gasteiger partial charge >= 0.3 is 15.4 Å². The summed E-state index contributed by atoms with van der Waals surface area (Å²) in [5.41, 5.74) is 0. The number of hydrogen-bond donors (Lipinski definition) is 1. The highest BCUT2D eigenvalue weighted by Gasteiger charge is 2.54. The Morgan fingerprint density at radius 3 is 1.35 bits per heavy atom. The molecule has 1 N–H and O–H groups in total. The third kappa shape index (κ3) is 5.97. The molecule has 0 amide bonds. The molecular weight excluding hydrogens is 509 g/mol. The van der Waals surface area contributed by atoms with E-state index >= 15 is 0 Å². The Bertz CT molecular complexity index is 1150. The predicted octanol–water partition coefficient (Wildman–Crippen LogP) is 6.37. The second-order valence-electron chi connectivity index (χ2n) is 10.8. The van der Waals surface area contributed by atoms with Crippen LogP contribution in [0.3, 0.4) is 0 Å². The number of halogens is 2. The minimum absolute atomic E-state index is 0.227. The Labute approximate surface area is 219 Å². The zero-order chi connectivity index (χ0) is 26.0. The highest BCUT2D eigenvalue weighted by atomic mass is 32.2. The van der Waals surface area contributed by atoms with Crippen LogP contribution in [-0.4, -0.2) is 18.2 Å². The summed E-state index contributed by atoms with van der Waals surface area (Å²) in [7, 11) is -5.71. The highest BCUT2D eigenvalue weighted by Crippen LogP contribution is 2.58. The summed E-state index contributed by atoms with van der Waals surface area (Å²) < 4.78 is 57.1. The normalized spacial score (nSPS) is 26.5. The molecule has 3 aromatic carbocycles. The third-order valence-corrected chi connectivity index (χ3v) is 11.7. The number of hydrogen-bond acceptors (Lipinski definition) is 2. The molecule has 4 aliphatic rings. The summed E-state index contributed by atoms with van der Waals surface area (Å²) in [6.07, 6.45) is 4.42. The van der Waals surface area contributed by atoms with Crippen molar-refractivity contribution in [2.24, 2.45) is 29.6 Å². The summed E-state index contributed by atoms with van der Waals surface area (Å²) in [5.74, 6) is 1.60. The van der Waals surface area contributed by atoms with Crippen LogP contribution in [0.1, 0.15) is 38.5 Å². The fourth-order valence-corrected chi connectivity index (χ4v) is 9.64. The molecule has 4 saturated carbocycles. The van der Waals surface area contributed by atoms with Crippen molar-refractivity contribution in [2.45, 2.75) is 43.8 Å². The molecule has 4 bridgehead atoms. The second-order valence-corrected chi connectivity index (χ2v) is 14.5. The first kappa shape index (κ1) is 26.5. The molecule has 0 unspecified atom stereocenters. The van der Waals surface area contributed by atoms with E-state index in [1.165, 1.54) is 22.3 Å². The fourth-order valence-electron chi connectivity index (χ4n) is 6.93. The first-order valence-corrected chi connectivity index (χ1v) is 15.8. The third-order valence-electron chi connectivity index (χ3n) is 8.32. The zero-order valence-electron chi connectivity index (χ0n) is 20.7. The molecule has 0 radical (unpaired) electrons. The van der Waals surface area contributed by atoms with Gasteiger partial charge in [-0.25, -0.2) is 0 Å². The lowest BCUT2D eigenvalue weighted by molar-refractivity contribution is -0.0703. The maximum absolute atomic E-state index is 13.5. The summed E-state index contributed by atoms with van der Waals surface area (Å²) in [4.78, 5) is 0. The first-order valence-electron chi connectivity index (χ1n) is 13.0. The average Bonchev–Trinajstić information content (AvgIpc) is 2.88. The van der Waals surface area contributed by atoms with E-state index in [-0.39, 0.29) is 17.8 Å². The molecule has 0 saturated heterocycles. The first-order chi connectivity index (χ1) is 17.7. The van der Waals surface area contributed by atoms with Gasteiger partial charge in [-0.2, -0.15) is 17.2 Å². The summed E-state index contributed by atoms with van der Waals surface area (Å²) in [6.45, 7) is 0. The Morgan fingerprint density at radius 1 is 0.676 bits per heavy atom. The van der Waals surface area contributed by atoms with Crippen molar-refractivity contribution in [3.63, 3.8) is 0 Å². The van der Waals surface area contributed by atoms with E-state index in [0.717, 1.165) is 25.7 Å². The predicted molar refractivity (Wildman–Crippen MR) is 147 cm³/mol.